The predicted molar refractivity (Wildman–Crippen MR) is 83.6 cm³/mol. The highest BCUT2D eigenvalue weighted by atomic mass is 35.5. The minimum Gasteiger partial charge on any atom is -0.240 e. The number of hydrogen-bond acceptors (Lipinski definition) is 1. The molecule has 0 spiro atoms. The molecule has 0 amide bonds. The molecule has 0 radical (unpaired) electrons. The molecule has 100 valence electrons. The molecule has 0 bridgehead atoms. The first-order valence-electron chi connectivity index (χ1n) is 6.24. The molecule has 20 heavy (non-hydrogen) atoms. The van der Waals surface area contributed by atoms with E-state index >= 15 is 0 Å². The quantitative estimate of drug-likeness (QED) is 0.627. The van der Waals surface area contributed by atoms with E-state index in [0.29, 0.717) is 10.9 Å². The second kappa shape index (κ2) is 5.70. The molecule has 1 aromatic heterocycles. The Morgan fingerprint density at radius 1 is 0.950 bits per heavy atom. The SMILES string of the molecule is ClCc1cn(-c2ccccc2)nc1-c1ccc(Cl)cc1. The molecule has 0 fully saturated rings. The number of halogens is 2. The summed E-state index contributed by atoms with van der Waals surface area (Å²) in [4.78, 5) is 0. The molecule has 1 heterocycles. The van der Waals surface area contributed by atoms with Crippen LogP contribution in [-0.2, 0) is 5.88 Å². The normalized spacial score (nSPS) is 10.7. The lowest BCUT2D eigenvalue weighted by Gasteiger charge is -2.00. The molecule has 2 aromatic carbocycles. The average Bonchev–Trinajstić information content (AvgIpc) is 2.93. The fourth-order valence-corrected chi connectivity index (χ4v) is 2.39. The average molecular weight is 303 g/mol. The van der Waals surface area contributed by atoms with Gasteiger partial charge in [0.2, 0.25) is 0 Å². The highest BCUT2D eigenvalue weighted by Gasteiger charge is 2.11. The Hall–Kier alpha value is -1.77. The maximum Gasteiger partial charge on any atom is 0.0971 e. The molecular weight excluding hydrogens is 291 g/mol. The van der Waals surface area contributed by atoms with Crippen molar-refractivity contribution >= 4 is 23.2 Å². The lowest BCUT2D eigenvalue weighted by Crippen LogP contribution is -1.93. The van der Waals surface area contributed by atoms with Gasteiger partial charge < -0.3 is 0 Å². The number of nitrogens with zero attached hydrogens (tertiary/aromatic N) is 2. The van der Waals surface area contributed by atoms with Gasteiger partial charge in [0, 0.05) is 22.3 Å². The van der Waals surface area contributed by atoms with Gasteiger partial charge in [0.25, 0.3) is 0 Å². The molecule has 3 rings (SSSR count). The van der Waals surface area contributed by atoms with Crippen LogP contribution in [0, 0.1) is 0 Å². The lowest BCUT2D eigenvalue weighted by molar-refractivity contribution is 0.884. The summed E-state index contributed by atoms with van der Waals surface area (Å²) >= 11 is 12.0. The molecule has 0 saturated heterocycles. The van der Waals surface area contributed by atoms with Crippen molar-refractivity contribution in [1.29, 1.82) is 0 Å². The summed E-state index contributed by atoms with van der Waals surface area (Å²) < 4.78 is 1.85. The smallest absolute Gasteiger partial charge is 0.0971 e. The van der Waals surface area contributed by atoms with Crippen LogP contribution in [0.1, 0.15) is 5.56 Å². The van der Waals surface area contributed by atoms with Crippen LogP contribution in [0.4, 0.5) is 0 Å². The van der Waals surface area contributed by atoms with Crippen LogP contribution in [0.25, 0.3) is 16.9 Å². The number of rotatable bonds is 3. The van der Waals surface area contributed by atoms with Crippen molar-refractivity contribution in [2.24, 2.45) is 0 Å². The van der Waals surface area contributed by atoms with Gasteiger partial charge in [0.05, 0.1) is 17.3 Å². The summed E-state index contributed by atoms with van der Waals surface area (Å²) in [7, 11) is 0. The summed E-state index contributed by atoms with van der Waals surface area (Å²) in [6.45, 7) is 0. The van der Waals surface area contributed by atoms with Crippen LogP contribution >= 0.6 is 23.2 Å². The van der Waals surface area contributed by atoms with Gasteiger partial charge in [0.15, 0.2) is 0 Å². The summed E-state index contributed by atoms with van der Waals surface area (Å²) in [5, 5.41) is 5.35. The van der Waals surface area contributed by atoms with Gasteiger partial charge in [-0.1, -0.05) is 41.9 Å². The molecule has 3 aromatic rings. The first-order valence-corrected chi connectivity index (χ1v) is 7.15. The fraction of sp³-hybridized carbons (Fsp3) is 0.0625. The number of para-hydroxylation sites is 1. The maximum absolute atomic E-state index is 6.03. The van der Waals surface area contributed by atoms with Crippen molar-refractivity contribution in [3.8, 4) is 16.9 Å². The number of aromatic nitrogens is 2. The molecule has 0 unspecified atom stereocenters. The van der Waals surface area contributed by atoms with Crippen LogP contribution in [0.5, 0.6) is 0 Å². The second-order valence-electron chi connectivity index (χ2n) is 4.42. The minimum atomic E-state index is 0.421. The third kappa shape index (κ3) is 2.58. The third-order valence-corrected chi connectivity index (χ3v) is 3.61. The molecule has 2 nitrogen and oxygen atoms in total. The Kier molecular flexibility index (Phi) is 3.77. The summed E-state index contributed by atoms with van der Waals surface area (Å²) in [6.07, 6.45) is 1.96. The zero-order chi connectivity index (χ0) is 13.9. The predicted octanol–water partition coefficient (Wildman–Crippen LogP) is 4.93. The highest BCUT2D eigenvalue weighted by Crippen LogP contribution is 2.26. The van der Waals surface area contributed by atoms with E-state index in [4.69, 9.17) is 23.2 Å². The van der Waals surface area contributed by atoms with E-state index in [9.17, 15) is 0 Å². The standard InChI is InChI=1S/C16H12Cl2N2/c17-10-13-11-20(15-4-2-1-3-5-15)19-16(13)12-6-8-14(18)9-7-12/h1-9,11H,10H2. The molecule has 0 aliphatic rings. The van der Waals surface area contributed by atoms with Crippen molar-refractivity contribution in [3.63, 3.8) is 0 Å². The Morgan fingerprint density at radius 3 is 2.30 bits per heavy atom. The molecule has 0 aliphatic carbocycles. The molecule has 0 N–H and O–H groups in total. The zero-order valence-electron chi connectivity index (χ0n) is 10.6. The van der Waals surface area contributed by atoms with Crippen LogP contribution in [0.3, 0.4) is 0 Å². The van der Waals surface area contributed by atoms with Gasteiger partial charge in [-0.3, -0.25) is 0 Å². The largest absolute Gasteiger partial charge is 0.240 e. The summed E-state index contributed by atoms with van der Waals surface area (Å²) in [5.41, 5.74) is 3.91. The second-order valence-corrected chi connectivity index (χ2v) is 5.13. The molecule has 4 heteroatoms. The van der Waals surface area contributed by atoms with Crippen molar-refractivity contribution in [2.45, 2.75) is 5.88 Å². The number of hydrogen-bond donors (Lipinski definition) is 0. The number of alkyl halides is 1. The van der Waals surface area contributed by atoms with Gasteiger partial charge in [0.1, 0.15) is 0 Å². The zero-order valence-corrected chi connectivity index (χ0v) is 12.1. The van der Waals surface area contributed by atoms with E-state index < -0.39 is 0 Å². The Balaban J connectivity index is 2.07. The van der Waals surface area contributed by atoms with Crippen LogP contribution in [-0.4, -0.2) is 9.78 Å². The molecule has 0 saturated carbocycles. The summed E-state index contributed by atoms with van der Waals surface area (Å²) in [6, 6.07) is 17.6. The van der Waals surface area contributed by atoms with Gasteiger partial charge >= 0.3 is 0 Å². The van der Waals surface area contributed by atoms with E-state index in [2.05, 4.69) is 5.10 Å². The Morgan fingerprint density at radius 2 is 1.65 bits per heavy atom. The van der Waals surface area contributed by atoms with Gasteiger partial charge in [-0.2, -0.15) is 5.10 Å². The van der Waals surface area contributed by atoms with Crippen molar-refractivity contribution in [2.75, 3.05) is 0 Å². The monoisotopic (exact) mass is 302 g/mol. The third-order valence-electron chi connectivity index (χ3n) is 3.07. The molecular formula is C16H12Cl2N2. The minimum absolute atomic E-state index is 0.421. The van der Waals surface area contributed by atoms with Crippen LogP contribution in [0.2, 0.25) is 5.02 Å². The van der Waals surface area contributed by atoms with E-state index in [1.54, 1.807) is 0 Å². The van der Waals surface area contributed by atoms with Gasteiger partial charge in [-0.15, -0.1) is 11.6 Å². The summed E-state index contributed by atoms with van der Waals surface area (Å²) in [5.74, 6) is 0.421. The fourth-order valence-electron chi connectivity index (χ4n) is 2.07. The van der Waals surface area contributed by atoms with Crippen molar-refractivity contribution in [1.82, 2.24) is 9.78 Å². The Bertz CT molecular complexity index is 703. The van der Waals surface area contributed by atoms with Crippen LogP contribution in [0.15, 0.2) is 60.8 Å². The van der Waals surface area contributed by atoms with Gasteiger partial charge in [-0.25, -0.2) is 4.68 Å². The molecule has 0 atom stereocenters. The Labute approximate surface area is 127 Å². The number of benzene rings is 2. The van der Waals surface area contributed by atoms with E-state index in [-0.39, 0.29) is 0 Å². The maximum atomic E-state index is 6.03. The van der Waals surface area contributed by atoms with E-state index in [0.717, 1.165) is 22.5 Å². The van der Waals surface area contributed by atoms with Crippen molar-refractivity contribution < 1.29 is 0 Å². The van der Waals surface area contributed by atoms with Crippen LogP contribution < -0.4 is 0 Å². The van der Waals surface area contributed by atoms with Crippen molar-refractivity contribution in [3.05, 3.63) is 71.4 Å². The van der Waals surface area contributed by atoms with Gasteiger partial charge in [-0.05, 0) is 24.3 Å². The molecule has 0 aliphatic heterocycles. The highest BCUT2D eigenvalue weighted by molar-refractivity contribution is 6.30. The first kappa shape index (κ1) is 13.2. The topological polar surface area (TPSA) is 17.8 Å². The lowest BCUT2D eigenvalue weighted by atomic mass is 10.1. The van der Waals surface area contributed by atoms with E-state index in [1.807, 2.05) is 65.5 Å². The van der Waals surface area contributed by atoms with E-state index in [1.165, 1.54) is 0 Å². The first-order chi connectivity index (χ1) is 9.78.